The molecule has 0 spiro atoms. The highest BCUT2D eigenvalue weighted by molar-refractivity contribution is 7.99. The van der Waals surface area contributed by atoms with Gasteiger partial charge in [-0.25, -0.2) is 0 Å². The van der Waals surface area contributed by atoms with Gasteiger partial charge in [-0.15, -0.1) is 0 Å². The fraction of sp³-hybridized carbons (Fsp3) is 0.538. The number of nitrogens with one attached hydrogen (secondary N) is 1. The fourth-order valence-corrected chi connectivity index (χ4v) is 3.16. The zero-order valence-corrected chi connectivity index (χ0v) is 11.5. The molecule has 0 aromatic heterocycles. The third-order valence-corrected chi connectivity index (χ3v) is 4.13. The lowest BCUT2D eigenvalue weighted by Crippen LogP contribution is -2.27. The number of halogens is 2. The Morgan fingerprint density at radius 2 is 2.26 bits per heavy atom. The number of rotatable bonds is 6. The highest BCUT2D eigenvalue weighted by Crippen LogP contribution is 2.29. The van der Waals surface area contributed by atoms with Crippen molar-refractivity contribution in [3.63, 3.8) is 0 Å². The Labute approximate surface area is 115 Å². The first kappa shape index (κ1) is 14.4. The first-order valence-corrected chi connectivity index (χ1v) is 7.27. The minimum Gasteiger partial charge on any atom is -0.493 e. The van der Waals surface area contributed by atoms with Crippen molar-refractivity contribution in [1.29, 1.82) is 0 Å². The Morgan fingerprint density at radius 1 is 1.42 bits per heavy atom. The van der Waals surface area contributed by atoms with Gasteiger partial charge in [0, 0.05) is 18.3 Å². The van der Waals surface area contributed by atoms with Crippen molar-refractivity contribution in [2.45, 2.75) is 25.6 Å². The number of ether oxygens (including phenoxy) is 2. The molecule has 0 saturated carbocycles. The van der Waals surface area contributed by atoms with Crippen LogP contribution >= 0.6 is 11.8 Å². The van der Waals surface area contributed by atoms with E-state index in [0.29, 0.717) is 18.3 Å². The normalized spacial score (nSPS) is 18.8. The Kier molecular flexibility index (Phi) is 5.27. The van der Waals surface area contributed by atoms with Gasteiger partial charge in [-0.05, 0) is 29.9 Å². The van der Waals surface area contributed by atoms with Gasteiger partial charge in [0.15, 0.2) is 11.5 Å². The minimum atomic E-state index is -2.84. The predicted molar refractivity (Wildman–Crippen MR) is 72.2 cm³/mol. The van der Waals surface area contributed by atoms with Gasteiger partial charge in [-0.3, -0.25) is 0 Å². The van der Waals surface area contributed by atoms with Crippen LogP contribution in [0.15, 0.2) is 18.2 Å². The van der Waals surface area contributed by atoms with Crippen molar-refractivity contribution in [3.05, 3.63) is 23.8 Å². The maximum Gasteiger partial charge on any atom is 0.387 e. The predicted octanol–water partition coefficient (Wildman–Crippen LogP) is 2.89. The van der Waals surface area contributed by atoms with E-state index in [4.69, 9.17) is 4.74 Å². The van der Waals surface area contributed by atoms with Crippen LogP contribution in [0.1, 0.15) is 12.0 Å². The molecule has 1 heterocycles. The van der Waals surface area contributed by atoms with Crippen molar-refractivity contribution in [1.82, 2.24) is 5.32 Å². The van der Waals surface area contributed by atoms with Crippen LogP contribution in [0, 0.1) is 0 Å². The van der Waals surface area contributed by atoms with Crippen LogP contribution in [0.4, 0.5) is 8.78 Å². The molecule has 1 aromatic carbocycles. The summed E-state index contributed by atoms with van der Waals surface area (Å²) in [6.45, 7) is -2.20. The van der Waals surface area contributed by atoms with Crippen molar-refractivity contribution >= 4 is 11.8 Å². The number of hydrogen-bond acceptors (Lipinski definition) is 4. The van der Waals surface area contributed by atoms with Crippen LogP contribution in [0.2, 0.25) is 0 Å². The van der Waals surface area contributed by atoms with Crippen LogP contribution in [0.5, 0.6) is 11.5 Å². The van der Waals surface area contributed by atoms with E-state index < -0.39 is 6.61 Å². The standard InChI is InChI=1S/C13H17F2NO2S/c1-17-11-3-2-9(6-12(11)18-13(14)15)7-16-10-4-5-19-8-10/h2-3,6,10,13,16H,4-5,7-8H2,1H3. The smallest absolute Gasteiger partial charge is 0.387 e. The molecule has 3 nitrogen and oxygen atoms in total. The molecule has 1 aromatic rings. The molecule has 1 aliphatic rings. The molecule has 1 atom stereocenters. The number of methoxy groups -OCH3 is 1. The molecule has 0 amide bonds. The van der Waals surface area contributed by atoms with Crippen LogP contribution in [-0.2, 0) is 6.54 Å². The lowest BCUT2D eigenvalue weighted by atomic mass is 10.2. The third kappa shape index (κ3) is 4.24. The second-order valence-corrected chi connectivity index (χ2v) is 5.45. The van der Waals surface area contributed by atoms with E-state index in [1.165, 1.54) is 12.9 Å². The van der Waals surface area contributed by atoms with Crippen molar-refractivity contribution in [3.8, 4) is 11.5 Å². The molecule has 6 heteroatoms. The molecule has 1 N–H and O–H groups in total. The summed E-state index contributed by atoms with van der Waals surface area (Å²) in [6.07, 6.45) is 1.15. The summed E-state index contributed by atoms with van der Waals surface area (Å²) in [5.74, 6) is 2.69. The van der Waals surface area contributed by atoms with Gasteiger partial charge in [0.05, 0.1) is 7.11 Å². The maximum atomic E-state index is 12.3. The molecule has 19 heavy (non-hydrogen) atoms. The maximum absolute atomic E-state index is 12.3. The molecule has 1 unspecified atom stereocenters. The van der Waals surface area contributed by atoms with Crippen molar-refractivity contribution < 1.29 is 18.3 Å². The third-order valence-electron chi connectivity index (χ3n) is 2.97. The Balaban J connectivity index is 1.99. The lowest BCUT2D eigenvalue weighted by Gasteiger charge is -2.14. The summed E-state index contributed by atoms with van der Waals surface area (Å²) >= 11 is 1.93. The number of benzene rings is 1. The first-order valence-electron chi connectivity index (χ1n) is 6.12. The van der Waals surface area contributed by atoms with Gasteiger partial charge in [-0.1, -0.05) is 6.07 Å². The summed E-state index contributed by atoms with van der Waals surface area (Å²) in [6, 6.07) is 5.61. The van der Waals surface area contributed by atoms with E-state index in [0.717, 1.165) is 17.7 Å². The Hall–Kier alpha value is -1.01. The van der Waals surface area contributed by atoms with Gasteiger partial charge in [0.25, 0.3) is 0 Å². The molecule has 0 aliphatic carbocycles. The second-order valence-electron chi connectivity index (χ2n) is 4.31. The number of alkyl halides is 2. The monoisotopic (exact) mass is 289 g/mol. The van der Waals surface area contributed by atoms with Gasteiger partial charge in [-0.2, -0.15) is 20.5 Å². The highest BCUT2D eigenvalue weighted by atomic mass is 32.2. The molecular formula is C13H17F2NO2S. The molecule has 106 valence electrons. The average Bonchev–Trinajstić information content (AvgIpc) is 2.89. The SMILES string of the molecule is COc1ccc(CNC2CCSC2)cc1OC(F)F. The fourth-order valence-electron chi connectivity index (χ4n) is 1.98. The van der Waals surface area contributed by atoms with Gasteiger partial charge >= 0.3 is 6.61 Å². The van der Waals surface area contributed by atoms with Crippen LogP contribution in [0.25, 0.3) is 0 Å². The zero-order chi connectivity index (χ0) is 13.7. The summed E-state index contributed by atoms with van der Waals surface area (Å²) in [5.41, 5.74) is 0.911. The minimum absolute atomic E-state index is 0.0811. The molecule has 1 aliphatic heterocycles. The second kappa shape index (κ2) is 6.96. The zero-order valence-electron chi connectivity index (χ0n) is 10.7. The summed E-state index contributed by atoms with van der Waals surface area (Å²) in [4.78, 5) is 0. The van der Waals surface area contributed by atoms with Crippen LogP contribution in [-0.4, -0.2) is 31.3 Å². The van der Waals surface area contributed by atoms with Gasteiger partial charge in [0.1, 0.15) is 0 Å². The lowest BCUT2D eigenvalue weighted by molar-refractivity contribution is -0.0512. The van der Waals surface area contributed by atoms with E-state index in [2.05, 4.69) is 10.1 Å². The van der Waals surface area contributed by atoms with E-state index >= 15 is 0 Å². The summed E-state index contributed by atoms with van der Waals surface area (Å²) < 4.78 is 34.1. The van der Waals surface area contributed by atoms with Gasteiger partial charge in [0.2, 0.25) is 0 Å². The molecule has 0 radical (unpaired) electrons. The molecular weight excluding hydrogens is 272 g/mol. The Bertz CT molecular complexity index is 412. The van der Waals surface area contributed by atoms with Crippen LogP contribution in [0.3, 0.4) is 0 Å². The van der Waals surface area contributed by atoms with Gasteiger partial charge < -0.3 is 14.8 Å². The van der Waals surface area contributed by atoms with E-state index in [1.54, 1.807) is 12.1 Å². The molecule has 2 rings (SSSR count). The topological polar surface area (TPSA) is 30.5 Å². The Morgan fingerprint density at radius 3 is 2.89 bits per heavy atom. The van der Waals surface area contributed by atoms with E-state index in [1.807, 2.05) is 17.8 Å². The molecule has 0 bridgehead atoms. The number of hydrogen-bond donors (Lipinski definition) is 1. The average molecular weight is 289 g/mol. The largest absolute Gasteiger partial charge is 0.493 e. The van der Waals surface area contributed by atoms with Crippen molar-refractivity contribution in [2.75, 3.05) is 18.6 Å². The van der Waals surface area contributed by atoms with E-state index in [-0.39, 0.29) is 5.75 Å². The first-order chi connectivity index (χ1) is 9.19. The number of thioether (sulfide) groups is 1. The molecule has 1 fully saturated rings. The molecule has 1 saturated heterocycles. The quantitative estimate of drug-likeness (QED) is 0.872. The van der Waals surface area contributed by atoms with Crippen LogP contribution < -0.4 is 14.8 Å². The van der Waals surface area contributed by atoms with Crippen molar-refractivity contribution in [2.24, 2.45) is 0 Å². The summed E-state index contributed by atoms with van der Waals surface area (Å²) in [5, 5.41) is 3.41. The summed E-state index contributed by atoms with van der Waals surface area (Å²) in [7, 11) is 1.43. The highest BCUT2D eigenvalue weighted by Gasteiger charge is 2.15. The van der Waals surface area contributed by atoms with E-state index in [9.17, 15) is 8.78 Å².